The number of hydrogen-bond acceptors (Lipinski definition) is 6. The normalized spacial score (nSPS) is 17.0. The molecule has 2 aliphatic heterocycles. The van der Waals surface area contributed by atoms with Gasteiger partial charge < -0.3 is 24.2 Å². The van der Waals surface area contributed by atoms with E-state index >= 15 is 0 Å². The first-order valence-corrected chi connectivity index (χ1v) is 11.3. The lowest BCUT2D eigenvalue weighted by Crippen LogP contribution is -2.40. The van der Waals surface area contributed by atoms with Crippen molar-refractivity contribution in [3.05, 3.63) is 92.4 Å². The monoisotopic (exact) mass is 470 g/mol. The Morgan fingerprint density at radius 2 is 2.06 bits per heavy atom. The second-order valence-electron chi connectivity index (χ2n) is 8.32. The number of imidazole rings is 1. The molecule has 6 rings (SSSR count). The second-order valence-corrected chi connectivity index (χ2v) is 8.32. The quantitative estimate of drug-likeness (QED) is 0.445. The summed E-state index contributed by atoms with van der Waals surface area (Å²) in [5.74, 6) is 0.654. The fourth-order valence-corrected chi connectivity index (χ4v) is 4.66. The Balaban J connectivity index is 1.57. The van der Waals surface area contributed by atoms with Crippen LogP contribution in [0.3, 0.4) is 0 Å². The van der Waals surface area contributed by atoms with Crippen LogP contribution in [0.5, 0.6) is 11.5 Å². The summed E-state index contributed by atoms with van der Waals surface area (Å²) in [5, 5.41) is 1.35. The van der Waals surface area contributed by atoms with Crippen LogP contribution in [0.25, 0.3) is 17.0 Å². The fraction of sp³-hybridized carbons (Fsp3) is 0.192. The first kappa shape index (κ1) is 21.0. The molecular formula is C26H22N4O5. The average molecular weight is 470 g/mol. The number of esters is 1. The van der Waals surface area contributed by atoms with Crippen molar-refractivity contribution in [2.24, 2.45) is 4.99 Å². The fourth-order valence-electron chi connectivity index (χ4n) is 4.66. The molecule has 0 fully saturated rings. The van der Waals surface area contributed by atoms with Crippen LogP contribution in [0.2, 0.25) is 0 Å². The number of aromatic amines is 2. The molecule has 0 radical (unpaired) electrons. The summed E-state index contributed by atoms with van der Waals surface area (Å²) in [7, 11) is 0. The largest absolute Gasteiger partial charge is 0.463 e. The van der Waals surface area contributed by atoms with Crippen molar-refractivity contribution in [3.63, 3.8) is 0 Å². The van der Waals surface area contributed by atoms with Gasteiger partial charge in [-0.3, -0.25) is 9.36 Å². The number of aromatic nitrogens is 3. The number of nitrogens with zero attached hydrogens (tertiary/aromatic N) is 2. The van der Waals surface area contributed by atoms with Gasteiger partial charge in [0.25, 0.3) is 5.56 Å². The zero-order valence-corrected chi connectivity index (χ0v) is 19.1. The van der Waals surface area contributed by atoms with Gasteiger partial charge in [0.2, 0.25) is 12.4 Å². The third-order valence-electron chi connectivity index (χ3n) is 6.25. The number of H-pyrrole nitrogens is 2. The first-order valence-electron chi connectivity index (χ1n) is 11.3. The summed E-state index contributed by atoms with van der Waals surface area (Å²) in [6.07, 6.45) is 3.65. The van der Waals surface area contributed by atoms with Gasteiger partial charge in [-0.25, -0.2) is 9.79 Å². The van der Waals surface area contributed by atoms with Crippen LogP contribution < -0.4 is 26.0 Å². The maximum absolute atomic E-state index is 13.7. The molecule has 2 aromatic heterocycles. The molecule has 2 aromatic carbocycles. The van der Waals surface area contributed by atoms with Gasteiger partial charge in [-0.15, -0.1) is 0 Å². The number of fused-ring (bicyclic) bond motifs is 3. The summed E-state index contributed by atoms with van der Waals surface area (Å²) in [6.45, 7) is 3.81. The number of carbonyl (C=O) groups is 1. The molecule has 0 saturated heterocycles. The van der Waals surface area contributed by atoms with Crippen LogP contribution in [0, 0.1) is 0 Å². The molecule has 1 unspecified atom stereocenters. The summed E-state index contributed by atoms with van der Waals surface area (Å²) in [6, 6.07) is 12.5. The molecule has 9 heteroatoms. The van der Waals surface area contributed by atoms with Gasteiger partial charge in [-0.05, 0) is 43.7 Å². The number of hydrogen-bond donors (Lipinski definition) is 2. The molecule has 2 N–H and O–H groups in total. The van der Waals surface area contributed by atoms with Gasteiger partial charge >= 0.3 is 5.97 Å². The zero-order chi connectivity index (χ0) is 24.1. The molecule has 4 heterocycles. The molecule has 0 saturated carbocycles. The minimum Gasteiger partial charge on any atom is -0.463 e. The van der Waals surface area contributed by atoms with E-state index in [1.165, 1.54) is 4.57 Å². The molecule has 176 valence electrons. The van der Waals surface area contributed by atoms with Crippen LogP contribution in [-0.2, 0) is 9.53 Å². The third kappa shape index (κ3) is 3.35. The van der Waals surface area contributed by atoms with Gasteiger partial charge in [-0.2, -0.15) is 0 Å². The van der Waals surface area contributed by atoms with Gasteiger partial charge in [0.15, 0.2) is 11.5 Å². The van der Waals surface area contributed by atoms with Gasteiger partial charge in [0.1, 0.15) is 5.35 Å². The highest BCUT2D eigenvalue weighted by Crippen LogP contribution is 2.38. The van der Waals surface area contributed by atoms with E-state index in [0.717, 1.165) is 16.5 Å². The Kier molecular flexibility index (Phi) is 4.84. The van der Waals surface area contributed by atoms with Crippen molar-refractivity contribution in [3.8, 4) is 11.5 Å². The lowest BCUT2D eigenvalue weighted by molar-refractivity contribution is -0.139. The molecule has 35 heavy (non-hydrogen) atoms. The van der Waals surface area contributed by atoms with Crippen molar-refractivity contribution in [2.75, 3.05) is 13.4 Å². The smallest absolute Gasteiger partial charge is 0.338 e. The summed E-state index contributed by atoms with van der Waals surface area (Å²) < 4.78 is 17.8. The predicted molar refractivity (Wildman–Crippen MR) is 128 cm³/mol. The molecular weight excluding hydrogens is 448 g/mol. The van der Waals surface area contributed by atoms with Crippen LogP contribution in [0.4, 0.5) is 0 Å². The second kappa shape index (κ2) is 8.05. The van der Waals surface area contributed by atoms with E-state index < -0.39 is 12.0 Å². The van der Waals surface area contributed by atoms with Crippen LogP contribution >= 0.6 is 0 Å². The summed E-state index contributed by atoms with van der Waals surface area (Å²) in [4.78, 5) is 37.7. The maximum Gasteiger partial charge on any atom is 0.338 e. The van der Waals surface area contributed by atoms with E-state index in [1.54, 1.807) is 32.1 Å². The Hall–Kier alpha value is -4.53. The Morgan fingerprint density at radius 3 is 2.91 bits per heavy atom. The highest BCUT2D eigenvalue weighted by molar-refractivity contribution is 5.91. The van der Waals surface area contributed by atoms with Crippen LogP contribution in [0.15, 0.2) is 69.7 Å². The standard InChI is InChI=1S/C26H22N4O5/c1-3-33-25(32)22-14(2)28-26-29-19(10-16-12-27-18-7-5-4-6-17(16)18)24(31)30(26)23(22)15-8-9-20-21(11-15)35-13-34-20/h4-12,23,27H,3,13H2,1-2H3,(H,28,29)/b19-10-. The average Bonchev–Trinajstić information content (AvgIpc) is 3.56. The SMILES string of the molecule is CCOC(=O)C1=C(C)N=c2[nH]/c(=C\c3c[nH]c4ccccc34)c(=O)n2C1c1ccc2c(c1)OCO2. The van der Waals surface area contributed by atoms with E-state index in [0.29, 0.717) is 39.3 Å². The Bertz CT molecular complexity index is 1710. The molecule has 2 aliphatic rings. The van der Waals surface area contributed by atoms with Crippen LogP contribution in [-0.4, -0.2) is 33.9 Å². The van der Waals surface area contributed by atoms with Crippen molar-refractivity contribution >= 4 is 22.9 Å². The van der Waals surface area contributed by atoms with Gasteiger partial charge in [0.05, 0.1) is 23.9 Å². The minimum absolute atomic E-state index is 0.122. The zero-order valence-electron chi connectivity index (χ0n) is 19.1. The number of carbonyl (C=O) groups excluding carboxylic acids is 1. The molecule has 0 bridgehead atoms. The topological polar surface area (TPSA) is 111 Å². The van der Waals surface area contributed by atoms with Gasteiger partial charge in [0, 0.05) is 22.7 Å². The highest BCUT2D eigenvalue weighted by atomic mass is 16.7. The predicted octanol–water partition coefficient (Wildman–Crippen LogP) is 2.27. The maximum atomic E-state index is 13.7. The van der Waals surface area contributed by atoms with Gasteiger partial charge in [-0.1, -0.05) is 24.3 Å². The molecule has 0 spiro atoms. The van der Waals surface area contributed by atoms with Crippen molar-refractivity contribution < 1.29 is 19.0 Å². The summed E-state index contributed by atoms with van der Waals surface area (Å²) in [5.41, 5.74) is 3.36. The Labute approximate surface area is 199 Å². The van der Waals surface area contributed by atoms with E-state index in [-0.39, 0.29) is 19.0 Å². The van der Waals surface area contributed by atoms with Crippen molar-refractivity contribution in [1.29, 1.82) is 0 Å². The van der Waals surface area contributed by atoms with Crippen LogP contribution in [0.1, 0.15) is 31.0 Å². The number of nitrogens with one attached hydrogen (secondary N) is 2. The lowest BCUT2D eigenvalue weighted by atomic mass is 9.95. The third-order valence-corrected chi connectivity index (χ3v) is 6.25. The number of ether oxygens (including phenoxy) is 3. The van der Waals surface area contributed by atoms with E-state index in [2.05, 4.69) is 15.0 Å². The number of para-hydroxylation sites is 1. The molecule has 1 atom stereocenters. The minimum atomic E-state index is -0.745. The van der Waals surface area contributed by atoms with Crippen molar-refractivity contribution in [2.45, 2.75) is 19.9 Å². The molecule has 0 amide bonds. The van der Waals surface area contributed by atoms with E-state index in [4.69, 9.17) is 14.2 Å². The number of benzene rings is 2. The number of rotatable bonds is 4. The first-order chi connectivity index (χ1) is 17.0. The molecule has 9 nitrogen and oxygen atoms in total. The molecule has 0 aliphatic carbocycles. The highest BCUT2D eigenvalue weighted by Gasteiger charge is 2.34. The van der Waals surface area contributed by atoms with Crippen molar-refractivity contribution in [1.82, 2.24) is 14.5 Å². The van der Waals surface area contributed by atoms with E-state index in [9.17, 15) is 9.59 Å². The van der Waals surface area contributed by atoms with E-state index in [1.807, 2.05) is 36.5 Å². The Morgan fingerprint density at radius 1 is 1.23 bits per heavy atom. The lowest BCUT2D eigenvalue weighted by Gasteiger charge is -2.24. The molecule has 4 aromatic rings. The number of allylic oxidation sites excluding steroid dienone is 1. The summed E-state index contributed by atoms with van der Waals surface area (Å²) >= 11 is 0.